The molecule has 0 fully saturated rings. The zero-order valence-electron chi connectivity index (χ0n) is 16.0. The fraction of sp³-hybridized carbons (Fsp3) is 0.364. The number of carbonyl (C=O) groups excluding carboxylic acids is 2. The molecule has 0 saturated heterocycles. The van der Waals surface area contributed by atoms with Gasteiger partial charge in [-0.2, -0.15) is 0 Å². The highest BCUT2D eigenvalue weighted by Crippen LogP contribution is 2.11. The Balaban J connectivity index is 1.91. The number of hydrogen-bond acceptors (Lipinski definition) is 2. The molecule has 2 aromatic carbocycles. The van der Waals surface area contributed by atoms with Crippen molar-refractivity contribution in [2.45, 2.75) is 33.1 Å². The van der Waals surface area contributed by atoms with Gasteiger partial charge in [-0.05, 0) is 61.2 Å². The lowest BCUT2D eigenvalue weighted by molar-refractivity contribution is 0.0755. The first-order valence-electron chi connectivity index (χ1n) is 9.47. The fourth-order valence-electron chi connectivity index (χ4n) is 2.92. The first kappa shape index (κ1) is 21.0. The molecule has 4 nitrogen and oxygen atoms in total. The summed E-state index contributed by atoms with van der Waals surface area (Å²) in [5.41, 5.74) is 2.25. The van der Waals surface area contributed by atoms with Gasteiger partial charge in [-0.25, -0.2) is 0 Å². The molecule has 0 saturated carbocycles. The predicted molar refractivity (Wildman–Crippen MR) is 110 cm³/mol. The van der Waals surface area contributed by atoms with E-state index in [1.54, 1.807) is 24.3 Å². The Bertz CT molecular complexity index is 753. The van der Waals surface area contributed by atoms with Gasteiger partial charge in [0.2, 0.25) is 0 Å². The van der Waals surface area contributed by atoms with Crippen molar-refractivity contribution in [3.8, 4) is 0 Å². The lowest BCUT2D eigenvalue weighted by Crippen LogP contribution is -2.32. The van der Waals surface area contributed by atoms with Gasteiger partial charge in [0.15, 0.2) is 0 Å². The van der Waals surface area contributed by atoms with Crippen LogP contribution in [-0.4, -0.2) is 36.3 Å². The lowest BCUT2D eigenvalue weighted by atomic mass is 10.1. The van der Waals surface area contributed by atoms with Crippen LogP contribution in [0.3, 0.4) is 0 Å². The second-order valence-corrected chi connectivity index (χ2v) is 6.94. The Labute approximate surface area is 166 Å². The van der Waals surface area contributed by atoms with E-state index in [0.717, 1.165) is 31.5 Å². The Morgan fingerprint density at radius 1 is 0.963 bits per heavy atom. The second-order valence-electron chi connectivity index (χ2n) is 6.51. The van der Waals surface area contributed by atoms with Crippen LogP contribution in [0.1, 0.15) is 53.0 Å². The van der Waals surface area contributed by atoms with Crippen LogP contribution in [0.5, 0.6) is 0 Å². The molecule has 144 valence electrons. The molecule has 0 atom stereocenters. The van der Waals surface area contributed by atoms with Crippen molar-refractivity contribution in [2.75, 3.05) is 19.6 Å². The number of rotatable bonds is 9. The Morgan fingerprint density at radius 2 is 1.59 bits per heavy atom. The minimum atomic E-state index is -0.144. The number of nitrogens with zero attached hydrogens (tertiary/aromatic N) is 1. The smallest absolute Gasteiger partial charge is 0.253 e. The average molecular weight is 387 g/mol. The zero-order valence-corrected chi connectivity index (χ0v) is 16.8. The van der Waals surface area contributed by atoms with E-state index in [2.05, 4.69) is 19.2 Å². The molecule has 2 aromatic rings. The first-order chi connectivity index (χ1) is 13.0. The molecule has 0 aliphatic heterocycles. The van der Waals surface area contributed by atoms with Gasteiger partial charge in [0, 0.05) is 35.8 Å². The molecule has 0 spiro atoms. The molecule has 0 heterocycles. The molecule has 0 aromatic heterocycles. The van der Waals surface area contributed by atoms with Gasteiger partial charge < -0.3 is 10.2 Å². The third kappa shape index (κ3) is 6.40. The normalized spacial score (nSPS) is 10.5. The predicted octanol–water partition coefficient (Wildman–Crippen LogP) is 4.57. The summed E-state index contributed by atoms with van der Waals surface area (Å²) in [6.45, 7) is 6.15. The van der Waals surface area contributed by atoms with Crippen LogP contribution in [0.25, 0.3) is 0 Å². The Hall–Kier alpha value is -2.33. The van der Waals surface area contributed by atoms with Gasteiger partial charge in [-0.3, -0.25) is 9.59 Å². The second kappa shape index (κ2) is 10.7. The molecule has 27 heavy (non-hydrogen) atoms. The molecule has 0 aliphatic rings. The topological polar surface area (TPSA) is 49.4 Å². The van der Waals surface area contributed by atoms with Crippen LogP contribution >= 0.6 is 11.6 Å². The maximum Gasteiger partial charge on any atom is 0.253 e. The molecule has 0 aliphatic carbocycles. The van der Waals surface area contributed by atoms with Gasteiger partial charge in [0.1, 0.15) is 0 Å². The number of nitrogens with one attached hydrogen (secondary N) is 1. The Morgan fingerprint density at radius 3 is 2.19 bits per heavy atom. The van der Waals surface area contributed by atoms with Gasteiger partial charge in [0.25, 0.3) is 11.8 Å². The molecule has 5 heteroatoms. The van der Waals surface area contributed by atoms with E-state index in [4.69, 9.17) is 11.6 Å². The molecule has 1 N–H and O–H groups in total. The van der Waals surface area contributed by atoms with Crippen LogP contribution < -0.4 is 5.32 Å². The average Bonchev–Trinajstić information content (AvgIpc) is 2.67. The number of amides is 2. The van der Waals surface area contributed by atoms with Crippen LogP contribution in [0.4, 0.5) is 0 Å². The molecule has 2 rings (SSSR count). The highest BCUT2D eigenvalue weighted by molar-refractivity contribution is 6.30. The van der Waals surface area contributed by atoms with E-state index in [1.807, 2.05) is 29.2 Å². The standard InChI is InChI=1S/C22H27ClN2O2/c1-3-14-25(15-4-2)22(27)19-10-8-18(9-11-19)21(26)24-13-12-17-6-5-7-20(23)16-17/h5-11,16H,3-4,12-15H2,1-2H3,(H,24,26). The molecule has 0 bridgehead atoms. The van der Waals surface area contributed by atoms with Crippen LogP contribution in [-0.2, 0) is 6.42 Å². The van der Waals surface area contributed by atoms with E-state index in [0.29, 0.717) is 29.1 Å². The summed E-state index contributed by atoms with van der Waals surface area (Å²) in [5, 5.41) is 3.60. The minimum absolute atomic E-state index is 0.0200. The summed E-state index contributed by atoms with van der Waals surface area (Å²) in [4.78, 5) is 26.7. The number of halogens is 1. The van der Waals surface area contributed by atoms with E-state index in [9.17, 15) is 9.59 Å². The molecule has 2 amide bonds. The summed E-state index contributed by atoms with van der Waals surface area (Å²) >= 11 is 5.97. The summed E-state index contributed by atoms with van der Waals surface area (Å²) in [6, 6.07) is 14.5. The van der Waals surface area contributed by atoms with E-state index in [-0.39, 0.29) is 11.8 Å². The van der Waals surface area contributed by atoms with Gasteiger partial charge >= 0.3 is 0 Å². The van der Waals surface area contributed by atoms with E-state index >= 15 is 0 Å². The summed E-state index contributed by atoms with van der Waals surface area (Å²) in [5.74, 6) is -0.124. The quantitative estimate of drug-likeness (QED) is 0.686. The fourth-order valence-corrected chi connectivity index (χ4v) is 3.13. The monoisotopic (exact) mass is 386 g/mol. The maximum absolute atomic E-state index is 12.6. The van der Waals surface area contributed by atoms with Crippen molar-refractivity contribution in [3.05, 3.63) is 70.2 Å². The van der Waals surface area contributed by atoms with Crippen molar-refractivity contribution in [3.63, 3.8) is 0 Å². The first-order valence-corrected chi connectivity index (χ1v) is 9.85. The van der Waals surface area contributed by atoms with E-state index in [1.165, 1.54) is 0 Å². The molecule has 0 unspecified atom stereocenters. The van der Waals surface area contributed by atoms with Gasteiger partial charge in [0.05, 0.1) is 0 Å². The van der Waals surface area contributed by atoms with Gasteiger partial charge in [-0.15, -0.1) is 0 Å². The van der Waals surface area contributed by atoms with Gasteiger partial charge in [-0.1, -0.05) is 37.6 Å². The van der Waals surface area contributed by atoms with Crippen LogP contribution in [0, 0.1) is 0 Å². The molecular formula is C22H27ClN2O2. The number of benzene rings is 2. The molecular weight excluding hydrogens is 360 g/mol. The largest absolute Gasteiger partial charge is 0.352 e. The number of hydrogen-bond donors (Lipinski definition) is 1. The summed E-state index contributed by atoms with van der Waals surface area (Å²) in [6.07, 6.45) is 2.57. The summed E-state index contributed by atoms with van der Waals surface area (Å²) in [7, 11) is 0. The minimum Gasteiger partial charge on any atom is -0.352 e. The van der Waals surface area contributed by atoms with Crippen LogP contribution in [0.2, 0.25) is 5.02 Å². The van der Waals surface area contributed by atoms with Crippen molar-refractivity contribution in [1.29, 1.82) is 0 Å². The highest BCUT2D eigenvalue weighted by Gasteiger charge is 2.15. The third-order valence-corrected chi connectivity index (χ3v) is 4.49. The summed E-state index contributed by atoms with van der Waals surface area (Å²) < 4.78 is 0. The zero-order chi connectivity index (χ0) is 19.6. The highest BCUT2D eigenvalue weighted by atomic mass is 35.5. The Kier molecular flexibility index (Phi) is 8.34. The van der Waals surface area contributed by atoms with Crippen molar-refractivity contribution in [1.82, 2.24) is 10.2 Å². The van der Waals surface area contributed by atoms with E-state index < -0.39 is 0 Å². The van der Waals surface area contributed by atoms with Crippen LogP contribution in [0.15, 0.2) is 48.5 Å². The SMILES string of the molecule is CCCN(CCC)C(=O)c1ccc(C(=O)NCCc2cccc(Cl)c2)cc1. The maximum atomic E-state index is 12.6. The van der Waals surface area contributed by atoms with Crippen molar-refractivity contribution < 1.29 is 9.59 Å². The van der Waals surface area contributed by atoms with Crippen molar-refractivity contribution in [2.24, 2.45) is 0 Å². The molecule has 0 radical (unpaired) electrons. The number of carbonyl (C=O) groups is 2. The lowest BCUT2D eigenvalue weighted by Gasteiger charge is -2.21. The van der Waals surface area contributed by atoms with Crippen molar-refractivity contribution >= 4 is 23.4 Å². The third-order valence-electron chi connectivity index (χ3n) is 4.26.